The van der Waals surface area contributed by atoms with Crippen LogP contribution in [0.1, 0.15) is 5.56 Å². The molecule has 3 aromatic heterocycles. The zero-order valence-electron chi connectivity index (χ0n) is 18.3. The SMILES string of the molecule is [C-]#[N+]c1cc(-c2cccc3c2oc2c(-c4cccc[n+]4C)c(C)ccc23)nc2ccccc12. The summed E-state index contributed by atoms with van der Waals surface area (Å²) in [5, 5.41) is 2.98. The van der Waals surface area contributed by atoms with Gasteiger partial charge in [-0.2, -0.15) is 0 Å². The van der Waals surface area contributed by atoms with Crippen molar-refractivity contribution in [3.05, 3.63) is 102 Å². The number of fused-ring (bicyclic) bond motifs is 4. The van der Waals surface area contributed by atoms with E-state index in [9.17, 15) is 0 Å². The maximum absolute atomic E-state index is 7.67. The summed E-state index contributed by atoms with van der Waals surface area (Å²) in [6, 6.07) is 26.2. The summed E-state index contributed by atoms with van der Waals surface area (Å²) in [6.45, 7) is 9.79. The Morgan fingerprint density at radius 1 is 0.848 bits per heavy atom. The third-order valence-corrected chi connectivity index (χ3v) is 6.28. The number of rotatable bonds is 2. The van der Waals surface area contributed by atoms with E-state index in [1.165, 1.54) is 0 Å². The van der Waals surface area contributed by atoms with Crippen molar-refractivity contribution in [1.29, 1.82) is 0 Å². The smallest absolute Gasteiger partial charge is 0.216 e. The third kappa shape index (κ3) is 2.90. The highest BCUT2D eigenvalue weighted by molar-refractivity contribution is 6.13. The van der Waals surface area contributed by atoms with E-state index in [-0.39, 0.29) is 0 Å². The molecule has 0 saturated heterocycles. The van der Waals surface area contributed by atoms with E-state index in [0.29, 0.717) is 5.69 Å². The first-order valence-corrected chi connectivity index (χ1v) is 10.8. The lowest BCUT2D eigenvalue weighted by Gasteiger charge is -2.06. The molecular weight excluding hydrogens is 406 g/mol. The van der Waals surface area contributed by atoms with Crippen LogP contribution in [-0.4, -0.2) is 4.98 Å². The maximum atomic E-state index is 7.67. The van der Waals surface area contributed by atoms with Gasteiger partial charge in [0.25, 0.3) is 0 Å². The van der Waals surface area contributed by atoms with Gasteiger partial charge in [-0.05, 0) is 36.8 Å². The molecule has 3 heterocycles. The second-order valence-electron chi connectivity index (χ2n) is 8.27. The van der Waals surface area contributed by atoms with Gasteiger partial charge in [0.1, 0.15) is 18.2 Å². The van der Waals surface area contributed by atoms with E-state index < -0.39 is 0 Å². The van der Waals surface area contributed by atoms with Gasteiger partial charge in [0, 0.05) is 33.9 Å². The summed E-state index contributed by atoms with van der Waals surface area (Å²) in [5.74, 6) is 0. The van der Waals surface area contributed by atoms with Crippen molar-refractivity contribution in [3.8, 4) is 22.5 Å². The number of aromatic nitrogens is 2. The second-order valence-corrected chi connectivity index (χ2v) is 8.27. The van der Waals surface area contributed by atoms with Gasteiger partial charge in [0.15, 0.2) is 11.9 Å². The van der Waals surface area contributed by atoms with Gasteiger partial charge in [0.2, 0.25) is 5.69 Å². The first kappa shape index (κ1) is 19.2. The Labute approximate surface area is 191 Å². The van der Waals surface area contributed by atoms with Gasteiger partial charge in [-0.15, -0.1) is 0 Å². The lowest BCUT2D eigenvalue weighted by Crippen LogP contribution is -2.30. The molecule has 0 N–H and O–H groups in total. The van der Waals surface area contributed by atoms with Crippen LogP contribution in [0.3, 0.4) is 0 Å². The van der Waals surface area contributed by atoms with E-state index in [2.05, 4.69) is 40.6 Å². The van der Waals surface area contributed by atoms with Gasteiger partial charge in [-0.3, -0.25) is 4.98 Å². The number of furan rings is 1. The van der Waals surface area contributed by atoms with Gasteiger partial charge in [0.05, 0.1) is 23.3 Å². The Kier molecular flexibility index (Phi) is 4.24. The van der Waals surface area contributed by atoms with E-state index in [0.717, 1.165) is 60.9 Å². The number of aryl methyl sites for hydroxylation is 2. The minimum atomic E-state index is 0.594. The Bertz CT molecular complexity index is 1760. The number of hydrogen-bond acceptors (Lipinski definition) is 2. The number of benzene rings is 3. The Hall–Kier alpha value is -4.49. The molecule has 0 aliphatic carbocycles. The molecule has 6 aromatic rings. The fourth-order valence-corrected chi connectivity index (χ4v) is 4.65. The van der Waals surface area contributed by atoms with Crippen LogP contribution in [0, 0.1) is 13.5 Å². The summed E-state index contributed by atoms with van der Waals surface area (Å²) < 4.78 is 8.73. The lowest BCUT2D eigenvalue weighted by molar-refractivity contribution is -0.660. The van der Waals surface area contributed by atoms with Crippen LogP contribution in [0.5, 0.6) is 0 Å². The van der Waals surface area contributed by atoms with Crippen molar-refractivity contribution in [2.45, 2.75) is 6.92 Å². The minimum absolute atomic E-state index is 0.594. The van der Waals surface area contributed by atoms with E-state index in [4.69, 9.17) is 16.0 Å². The molecule has 0 spiro atoms. The van der Waals surface area contributed by atoms with Gasteiger partial charge in [-0.1, -0.05) is 42.5 Å². The Morgan fingerprint density at radius 2 is 1.64 bits per heavy atom. The molecule has 0 bridgehead atoms. The second kappa shape index (κ2) is 7.29. The zero-order chi connectivity index (χ0) is 22.5. The van der Waals surface area contributed by atoms with Crippen molar-refractivity contribution in [1.82, 2.24) is 4.98 Å². The quantitative estimate of drug-likeness (QED) is 0.218. The van der Waals surface area contributed by atoms with Crippen LogP contribution in [0.2, 0.25) is 0 Å². The molecular formula is C29H20N3O+. The van der Waals surface area contributed by atoms with Crippen molar-refractivity contribution < 1.29 is 8.98 Å². The number of hydrogen-bond donors (Lipinski definition) is 0. The van der Waals surface area contributed by atoms with Gasteiger partial charge >= 0.3 is 0 Å². The third-order valence-electron chi connectivity index (χ3n) is 6.28. The number of pyridine rings is 2. The first-order chi connectivity index (χ1) is 16.2. The van der Waals surface area contributed by atoms with Gasteiger partial charge in [-0.25, -0.2) is 9.41 Å². The Morgan fingerprint density at radius 3 is 2.48 bits per heavy atom. The van der Waals surface area contributed by atoms with E-state index >= 15 is 0 Å². The van der Waals surface area contributed by atoms with Crippen molar-refractivity contribution in [2.75, 3.05) is 0 Å². The highest BCUT2D eigenvalue weighted by atomic mass is 16.3. The predicted molar refractivity (Wildman–Crippen MR) is 132 cm³/mol. The summed E-state index contributed by atoms with van der Waals surface area (Å²) in [5.41, 5.74) is 8.03. The van der Waals surface area contributed by atoms with Crippen LogP contribution in [0.15, 0.2) is 89.5 Å². The first-order valence-electron chi connectivity index (χ1n) is 10.8. The van der Waals surface area contributed by atoms with Crippen LogP contribution in [0.25, 0.3) is 60.2 Å². The lowest BCUT2D eigenvalue weighted by atomic mass is 9.99. The topological polar surface area (TPSA) is 34.3 Å². The molecule has 0 fully saturated rings. The average Bonchev–Trinajstić information content (AvgIpc) is 3.22. The molecule has 0 unspecified atom stereocenters. The maximum Gasteiger partial charge on any atom is 0.216 e. The average molecular weight is 426 g/mol. The minimum Gasteiger partial charge on any atom is -0.454 e. The molecule has 4 nitrogen and oxygen atoms in total. The molecule has 33 heavy (non-hydrogen) atoms. The number of nitrogens with zero attached hydrogens (tertiary/aromatic N) is 3. The monoisotopic (exact) mass is 426 g/mol. The highest BCUT2D eigenvalue weighted by Crippen LogP contribution is 2.41. The summed E-state index contributed by atoms with van der Waals surface area (Å²) in [4.78, 5) is 8.64. The molecule has 3 aromatic carbocycles. The molecule has 0 amide bonds. The normalized spacial score (nSPS) is 11.3. The molecule has 0 aliphatic heterocycles. The van der Waals surface area contributed by atoms with Crippen molar-refractivity contribution in [2.24, 2.45) is 7.05 Å². The largest absolute Gasteiger partial charge is 0.454 e. The summed E-state index contributed by atoms with van der Waals surface area (Å²) in [7, 11) is 2.05. The number of para-hydroxylation sites is 2. The molecule has 0 aliphatic rings. The summed E-state index contributed by atoms with van der Waals surface area (Å²) in [6.07, 6.45) is 2.05. The van der Waals surface area contributed by atoms with Crippen molar-refractivity contribution in [3.63, 3.8) is 0 Å². The molecule has 0 radical (unpaired) electrons. The fourth-order valence-electron chi connectivity index (χ4n) is 4.65. The van der Waals surface area contributed by atoms with E-state index in [1.54, 1.807) is 0 Å². The molecule has 4 heteroatoms. The molecule has 156 valence electrons. The van der Waals surface area contributed by atoms with Crippen LogP contribution in [0.4, 0.5) is 5.69 Å². The Balaban J connectivity index is 1.69. The standard InChI is InChI=1S/C29H20N3O/c1-18-14-15-20-19-10-8-11-22(25-17-24(30-2)21-9-4-5-12-23(21)31-25)28(19)33-29(20)27(18)26-13-6-7-16-32(26)3/h4-17H,1,3H3/q+1. The molecule has 0 saturated carbocycles. The highest BCUT2D eigenvalue weighted by Gasteiger charge is 2.21. The summed E-state index contributed by atoms with van der Waals surface area (Å²) >= 11 is 0. The molecule has 6 rings (SSSR count). The van der Waals surface area contributed by atoms with E-state index in [1.807, 2.05) is 67.8 Å². The molecule has 0 atom stereocenters. The van der Waals surface area contributed by atoms with Crippen LogP contribution < -0.4 is 4.57 Å². The zero-order valence-corrected chi connectivity index (χ0v) is 18.3. The predicted octanol–water partition coefficient (Wildman–Crippen LogP) is 7.15. The van der Waals surface area contributed by atoms with Crippen LogP contribution in [-0.2, 0) is 7.05 Å². The van der Waals surface area contributed by atoms with Crippen LogP contribution >= 0.6 is 0 Å². The van der Waals surface area contributed by atoms with Crippen molar-refractivity contribution >= 4 is 38.5 Å². The fraction of sp³-hybridized carbons (Fsp3) is 0.0690. The van der Waals surface area contributed by atoms with Gasteiger partial charge < -0.3 is 4.42 Å².